The highest BCUT2D eigenvalue weighted by molar-refractivity contribution is 5.97. The van der Waals surface area contributed by atoms with Gasteiger partial charge in [0, 0.05) is 16.6 Å². The van der Waals surface area contributed by atoms with Crippen LogP contribution in [-0.2, 0) is 11.0 Å². The molecule has 10 heteroatoms. The minimum absolute atomic E-state index is 0.0221. The van der Waals surface area contributed by atoms with E-state index in [-0.39, 0.29) is 40.0 Å². The maximum Gasteiger partial charge on any atom is 0.416 e. The van der Waals surface area contributed by atoms with Crippen LogP contribution in [0, 0.1) is 13.8 Å². The number of fused-ring (bicyclic) bond motifs is 1. The first-order chi connectivity index (χ1) is 17.9. The molecule has 4 rings (SSSR count). The van der Waals surface area contributed by atoms with E-state index in [2.05, 4.69) is 10.2 Å². The van der Waals surface area contributed by atoms with Crippen LogP contribution in [0.15, 0.2) is 70.4 Å². The van der Waals surface area contributed by atoms with Gasteiger partial charge in [0.15, 0.2) is 5.69 Å². The van der Waals surface area contributed by atoms with Crippen LogP contribution in [0.5, 0.6) is 11.6 Å². The number of alkyl halides is 3. The van der Waals surface area contributed by atoms with Crippen LogP contribution in [0.2, 0.25) is 0 Å². The number of carboxylic acid groups (broad SMARTS) is 1. The lowest BCUT2D eigenvalue weighted by Gasteiger charge is -2.11. The van der Waals surface area contributed by atoms with E-state index in [0.29, 0.717) is 11.3 Å². The summed E-state index contributed by atoms with van der Waals surface area (Å²) in [5.41, 5.74) is 2.04. The Hall–Kier alpha value is -4.60. The van der Waals surface area contributed by atoms with Crippen molar-refractivity contribution in [2.24, 2.45) is 10.2 Å². The van der Waals surface area contributed by atoms with Crippen molar-refractivity contribution in [2.45, 2.75) is 33.4 Å². The van der Waals surface area contributed by atoms with Crippen LogP contribution >= 0.6 is 0 Å². The molecule has 0 atom stereocenters. The van der Waals surface area contributed by atoms with Crippen molar-refractivity contribution in [3.05, 3.63) is 82.4 Å². The number of phenolic OH excluding ortho intramolecular Hbond substituents is 1. The smallest absolute Gasteiger partial charge is 0.416 e. The molecular formula is C28H24F3N3O4. The minimum Gasteiger partial charge on any atom is -0.506 e. The molecule has 0 saturated carbocycles. The van der Waals surface area contributed by atoms with Gasteiger partial charge < -0.3 is 15.3 Å². The molecule has 1 aromatic heterocycles. The molecule has 0 aliphatic carbocycles. The normalized spacial score (nSPS) is 12.5. The molecule has 0 fully saturated rings. The van der Waals surface area contributed by atoms with Crippen molar-refractivity contribution < 1.29 is 33.3 Å². The molecule has 3 N–H and O–H groups in total. The largest absolute Gasteiger partial charge is 0.506 e. The molecule has 3 aromatic carbocycles. The van der Waals surface area contributed by atoms with E-state index in [1.54, 1.807) is 31.2 Å². The molecule has 0 bridgehead atoms. The number of aromatic hydroxyl groups is 2. The molecule has 0 amide bonds. The number of azo groups is 1. The lowest BCUT2D eigenvalue weighted by Crippen LogP contribution is -2.05. The zero-order chi connectivity index (χ0) is 27.8. The van der Waals surface area contributed by atoms with E-state index in [1.165, 1.54) is 28.8 Å². The summed E-state index contributed by atoms with van der Waals surface area (Å²) in [6.07, 6.45) is -2.88. The first kappa shape index (κ1) is 26.5. The van der Waals surface area contributed by atoms with Gasteiger partial charge in [-0.05, 0) is 85.5 Å². The zero-order valence-electron chi connectivity index (χ0n) is 20.7. The Balaban J connectivity index is 1.84. The third kappa shape index (κ3) is 5.10. The van der Waals surface area contributed by atoms with Crippen molar-refractivity contribution in [1.82, 2.24) is 4.57 Å². The van der Waals surface area contributed by atoms with E-state index in [4.69, 9.17) is 0 Å². The molecule has 0 saturated heterocycles. The molecule has 0 unspecified atom stereocenters. The molecule has 196 valence electrons. The Bertz CT molecular complexity index is 1620. The second-order valence-corrected chi connectivity index (χ2v) is 8.78. The number of carboxylic acids is 1. The summed E-state index contributed by atoms with van der Waals surface area (Å²) in [5, 5.41) is 39.0. The highest BCUT2D eigenvalue weighted by Crippen LogP contribution is 2.44. The van der Waals surface area contributed by atoms with Gasteiger partial charge in [-0.2, -0.15) is 13.2 Å². The number of hydrogen-bond donors (Lipinski definition) is 3. The van der Waals surface area contributed by atoms with E-state index < -0.39 is 23.6 Å². The monoisotopic (exact) mass is 523 g/mol. The van der Waals surface area contributed by atoms with Gasteiger partial charge in [-0.15, -0.1) is 10.2 Å². The highest BCUT2D eigenvalue weighted by atomic mass is 19.4. The number of nitrogens with zero attached hydrogens (tertiary/aromatic N) is 3. The van der Waals surface area contributed by atoms with Crippen LogP contribution in [-0.4, -0.2) is 25.9 Å². The maximum absolute atomic E-state index is 13.5. The molecule has 38 heavy (non-hydrogen) atoms. The average Bonchev–Trinajstić information content (AvgIpc) is 3.13. The van der Waals surface area contributed by atoms with E-state index in [1.807, 2.05) is 13.8 Å². The summed E-state index contributed by atoms with van der Waals surface area (Å²) in [7, 11) is 0. The Morgan fingerprint density at radius 3 is 2.32 bits per heavy atom. The van der Waals surface area contributed by atoms with Crippen LogP contribution < -0.4 is 0 Å². The number of aliphatic carboxylic acids is 1. The quantitative estimate of drug-likeness (QED) is 0.176. The average molecular weight is 524 g/mol. The number of benzene rings is 3. The van der Waals surface area contributed by atoms with Crippen LogP contribution in [0.25, 0.3) is 22.7 Å². The Kier molecular flexibility index (Phi) is 6.99. The van der Waals surface area contributed by atoms with Gasteiger partial charge in [-0.25, -0.2) is 4.79 Å². The molecule has 0 aliphatic heterocycles. The van der Waals surface area contributed by atoms with Gasteiger partial charge in [0.2, 0.25) is 5.88 Å². The lowest BCUT2D eigenvalue weighted by molar-refractivity contribution is -0.137. The molecule has 4 aromatic rings. The van der Waals surface area contributed by atoms with Crippen LogP contribution in [0.4, 0.5) is 24.5 Å². The van der Waals surface area contributed by atoms with Gasteiger partial charge in [-0.1, -0.05) is 19.1 Å². The van der Waals surface area contributed by atoms with Gasteiger partial charge in [0.1, 0.15) is 11.4 Å². The number of aryl methyl sites for hydroxylation is 2. The van der Waals surface area contributed by atoms with Crippen molar-refractivity contribution >= 4 is 34.3 Å². The van der Waals surface area contributed by atoms with E-state index in [9.17, 15) is 33.3 Å². The first-order valence-corrected chi connectivity index (χ1v) is 11.6. The molecule has 1 heterocycles. The fraction of sp³-hybridized carbons (Fsp3) is 0.179. The summed E-state index contributed by atoms with van der Waals surface area (Å²) in [6, 6.07) is 12.6. The predicted molar refractivity (Wildman–Crippen MR) is 138 cm³/mol. The third-order valence-electron chi connectivity index (χ3n) is 6.25. The molecular weight excluding hydrogens is 499 g/mol. The summed E-state index contributed by atoms with van der Waals surface area (Å²) >= 11 is 0. The number of rotatable bonds is 6. The first-order valence-electron chi connectivity index (χ1n) is 11.6. The molecule has 7 nitrogen and oxygen atoms in total. The van der Waals surface area contributed by atoms with Gasteiger partial charge >= 0.3 is 12.1 Å². The number of hydrogen-bond acceptors (Lipinski definition) is 5. The van der Waals surface area contributed by atoms with Crippen molar-refractivity contribution in [1.29, 1.82) is 0 Å². The topological polar surface area (TPSA) is 107 Å². The number of carbonyl (C=O) groups is 1. The second kappa shape index (κ2) is 10.0. The van der Waals surface area contributed by atoms with Crippen LogP contribution in [0.1, 0.15) is 35.6 Å². The molecule has 0 spiro atoms. The van der Waals surface area contributed by atoms with Crippen molar-refractivity contribution in [3.8, 4) is 17.3 Å². The SMILES string of the molecule is CCC(=Cc1ccc(N=Nc2c(O)n(-c3ccc(C)c(C)c3)c3cc(C(F)(F)F)ccc23)c(O)c1)C(=O)O. The zero-order valence-corrected chi connectivity index (χ0v) is 20.7. The molecule has 0 radical (unpaired) electrons. The summed E-state index contributed by atoms with van der Waals surface area (Å²) in [4.78, 5) is 11.2. The minimum atomic E-state index is -4.59. The number of halogens is 3. The van der Waals surface area contributed by atoms with Crippen molar-refractivity contribution in [3.63, 3.8) is 0 Å². The summed E-state index contributed by atoms with van der Waals surface area (Å²) in [6.45, 7) is 5.44. The fourth-order valence-electron chi connectivity index (χ4n) is 3.99. The van der Waals surface area contributed by atoms with E-state index in [0.717, 1.165) is 23.3 Å². The number of aromatic nitrogens is 1. The summed E-state index contributed by atoms with van der Waals surface area (Å²) < 4.78 is 41.7. The fourth-order valence-corrected chi connectivity index (χ4v) is 3.99. The number of phenols is 1. The Morgan fingerprint density at radius 1 is 0.974 bits per heavy atom. The highest BCUT2D eigenvalue weighted by Gasteiger charge is 2.32. The Morgan fingerprint density at radius 2 is 1.71 bits per heavy atom. The van der Waals surface area contributed by atoms with Crippen molar-refractivity contribution in [2.75, 3.05) is 0 Å². The lowest BCUT2D eigenvalue weighted by atomic mass is 10.1. The van der Waals surface area contributed by atoms with E-state index >= 15 is 0 Å². The van der Waals surface area contributed by atoms with Crippen LogP contribution in [0.3, 0.4) is 0 Å². The maximum atomic E-state index is 13.5. The van der Waals surface area contributed by atoms with Gasteiger partial charge in [0.25, 0.3) is 0 Å². The van der Waals surface area contributed by atoms with Gasteiger partial charge in [0.05, 0.1) is 11.1 Å². The second-order valence-electron chi connectivity index (χ2n) is 8.78. The predicted octanol–water partition coefficient (Wildman–Crippen LogP) is 7.97. The summed E-state index contributed by atoms with van der Waals surface area (Å²) in [5.74, 6) is -1.78. The molecule has 0 aliphatic rings. The third-order valence-corrected chi connectivity index (χ3v) is 6.25. The Labute approximate surface area is 215 Å². The van der Waals surface area contributed by atoms with Gasteiger partial charge in [-0.3, -0.25) is 4.57 Å². The standard InChI is InChI=1S/C28H24F3N3O4/c1-4-18(27(37)38)12-17-6-10-22(24(35)13-17)32-33-25-21-9-7-19(28(29,30)31)14-23(21)34(26(25)36)20-8-5-15(2)16(3)11-20/h5-14,35-36H,4H2,1-3H3,(H,37,38).